The van der Waals surface area contributed by atoms with Crippen LogP contribution in [0.5, 0.6) is 0 Å². The van der Waals surface area contributed by atoms with Crippen molar-refractivity contribution in [2.45, 2.75) is 46.3 Å². The molecule has 0 radical (unpaired) electrons. The number of fused-ring (bicyclic) bond motifs is 3. The first-order chi connectivity index (χ1) is 11.6. The van der Waals surface area contributed by atoms with Gasteiger partial charge in [0, 0.05) is 29.2 Å². The van der Waals surface area contributed by atoms with Gasteiger partial charge in [-0.15, -0.1) is 0 Å². The van der Waals surface area contributed by atoms with E-state index in [1.165, 1.54) is 22.0 Å². The molecule has 24 heavy (non-hydrogen) atoms. The fourth-order valence-corrected chi connectivity index (χ4v) is 3.83. The zero-order chi connectivity index (χ0) is 16.8. The quantitative estimate of drug-likeness (QED) is 0.623. The topological polar surface area (TPSA) is 19.6 Å². The third-order valence-corrected chi connectivity index (χ3v) is 5.01. The molecule has 0 bridgehead atoms. The Kier molecular flexibility index (Phi) is 3.52. The van der Waals surface area contributed by atoms with Gasteiger partial charge in [0.1, 0.15) is 11.7 Å². The van der Waals surface area contributed by atoms with Crippen LogP contribution in [0.15, 0.2) is 53.2 Å². The molecule has 1 aliphatic rings. The molecule has 1 aromatic heterocycles. The summed E-state index contributed by atoms with van der Waals surface area (Å²) in [4.78, 5) is 4.79. The standard InChI is InChI=1S/C21H24N2O/c1-5-19-22(14(2)3)12-13-23(19)20-15(4)10-11-17-16-8-6-7-9-18(16)24-21(17)20/h6-14,19H,5H2,1-4H3. The van der Waals surface area contributed by atoms with E-state index in [0.717, 1.165) is 17.6 Å². The normalized spacial score (nSPS) is 17.8. The van der Waals surface area contributed by atoms with Crippen LogP contribution >= 0.6 is 0 Å². The van der Waals surface area contributed by atoms with Crippen molar-refractivity contribution in [2.75, 3.05) is 4.90 Å². The number of hydrogen-bond acceptors (Lipinski definition) is 3. The molecule has 1 atom stereocenters. The van der Waals surface area contributed by atoms with Gasteiger partial charge in [0.15, 0.2) is 5.58 Å². The zero-order valence-corrected chi connectivity index (χ0v) is 14.8. The van der Waals surface area contributed by atoms with Crippen LogP contribution in [-0.4, -0.2) is 17.1 Å². The summed E-state index contributed by atoms with van der Waals surface area (Å²) < 4.78 is 6.27. The van der Waals surface area contributed by atoms with Crippen LogP contribution in [0.2, 0.25) is 0 Å². The molecule has 4 rings (SSSR count). The lowest BCUT2D eigenvalue weighted by molar-refractivity contribution is 0.243. The minimum atomic E-state index is 0.336. The Morgan fingerprint density at radius 1 is 1.04 bits per heavy atom. The van der Waals surface area contributed by atoms with Crippen LogP contribution in [0.3, 0.4) is 0 Å². The fourth-order valence-electron chi connectivity index (χ4n) is 3.83. The highest BCUT2D eigenvalue weighted by Gasteiger charge is 2.30. The Labute approximate surface area is 143 Å². The molecule has 0 saturated heterocycles. The highest BCUT2D eigenvalue weighted by atomic mass is 16.3. The van der Waals surface area contributed by atoms with E-state index in [2.05, 4.69) is 74.2 Å². The number of hydrogen-bond donors (Lipinski definition) is 0. The predicted molar refractivity (Wildman–Crippen MR) is 101 cm³/mol. The van der Waals surface area contributed by atoms with Gasteiger partial charge in [-0.1, -0.05) is 37.3 Å². The molecular formula is C21H24N2O. The zero-order valence-electron chi connectivity index (χ0n) is 14.8. The minimum absolute atomic E-state index is 0.336. The first-order valence-corrected chi connectivity index (χ1v) is 8.76. The van der Waals surface area contributed by atoms with Crippen molar-refractivity contribution in [1.29, 1.82) is 0 Å². The van der Waals surface area contributed by atoms with E-state index in [4.69, 9.17) is 4.42 Å². The summed E-state index contributed by atoms with van der Waals surface area (Å²) in [6.07, 6.45) is 5.80. The summed E-state index contributed by atoms with van der Waals surface area (Å²) >= 11 is 0. The van der Waals surface area contributed by atoms with E-state index in [1.54, 1.807) is 0 Å². The second-order valence-corrected chi connectivity index (χ2v) is 6.84. The van der Waals surface area contributed by atoms with Crippen molar-refractivity contribution >= 4 is 27.6 Å². The van der Waals surface area contributed by atoms with Crippen molar-refractivity contribution in [2.24, 2.45) is 0 Å². The van der Waals surface area contributed by atoms with Crippen LogP contribution in [0.4, 0.5) is 5.69 Å². The van der Waals surface area contributed by atoms with E-state index < -0.39 is 0 Å². The highest BCUT2D eigenvalue weighted by molar-refractivity contribution is 6.09. The molecule has 2 heterocycles. The first-order valence-electron chi connectivity index (χ1n) is 8.76. The number of para-hydroxylation sites is 1. The van der Waals surface area contributed by atoms with Crippen molar-refractivity contribution in [1.82, 2.24) is 4.90 Å². The summed E-state index contributed by atoms with van der Waals surface area (Å²) in [6, 6.07) is 13.2. The lowest BCUT2D eigenvalue weighted by Crippen LogP contribution is -2.41. The summed E-state index contributed by atoms with van der Waals surface area (Å²) in [5.41, 5.74) is 4.38. The van der Waals surface area contributed by atoms with Crippen LogP contribution in [0.25, 0.3) is 21.9 Å². The number of nitrogens with zero attached hydrogens (tertiary/aromatic N) is 2. The molecule has 3 heteroatoms. The average molecular weight is 320 g/mol. The van der Waals surface area contributed by atoms with Gasteiger partial charge >= 0.3 is 0 Å². The van der Waals surface area contributed by atoms with Gasteiger partial charge in [0.25, 0.3) is 0 Å². The van der Waals surface area contributed by atoms with Gasteiger partial charge in [-0.3, -0.25) is 0 Å². The molecule has 0 aliphatic carbocycles. The SMILES string of the molecule is CCC1N(c2c(C)ccc3c2oc2ccccc23)C=CN1C(C)C. The maximum atomic E-state index is 6.27. The summed E-state index contributed by atoms with van der Waals surface area (Å²) in [7, 11) is 0. The Bertz CT molecular complexity index is 922. The molecule has 0 fully saturated rings. The largest absolute Gasteiger partial charge is 0.454 e. The van der Waals surface area contributed by atoms with Gasteiger partial charge in [-0.25, -0.2) is 0 Å². The van der Waals surface area contributed by atoms with E-state index in [-0.39, 0.29) is 0 Å². The lowest BCUT2D eigenvalue weighted by Gasteiger charge is -2.35. The fraction of sp³-hybridized carbons (Fsp3) is 0.333. The van der Waals surface area contributed by atoms with Crippen molar-refractivity contribution < 1.29 is 4.42 Å². The Balaban J connectivity index is 1.93. The van der Waals surface area contributed by atoms with E-state index >= 15 is 0 Å². The number of furan rings is 1. The number of aryl methyl sites for hydroxylation is 1. The second-order valence-electron chi connectivity index (χ2n) is 6.84. The molecule has 0 N–H and O–H groups in total. The summed E-state index contributed by atoms with van der Waals surface area (Å²) in [6.45, 7) is 8.89. The highest BCUT2D eigenvalue weighted by Crippen LogP contribution is 2.40. The van der Waals surface area contributed by atoms with E-state index in [9.17, 15) is 0 Å². The van der Waals surface area contributed by atoms with E-state index in [1.807, 2.05) is 12.1 Å². The minimum Gasteiger partial charge on any atom is -0.454 e. The third-order valence-electron chi connectivity index (χ3n) is 5.01. The molecule has 2 aromatic carbocycles. The predicted octanol–water partition coefficient (Wildman–Crippen LogP) is 5.63. The number of anilines is 1. The van der Waals surface area contributed by atoms with Gasteiger partial charge in [-0.05, 0) is 38.8 Å². The third kappa shape index (κ3) is 2.11. The van der Waals surface area contributed by atoms with Crippen molar-refractivity contribution in [3.05, 3.63) is 54.4 Å². The molecular weight excluding hydrogens is 296 g/mol. The molecule has 124 valence electrons. The molecule has 0 saturated carbocycles. The molecule has 0 amide bonds. The maximum absolute atomic E-state index is 6.27. The Hall–Kier alpha value is -2.42. The first kappa shape index (κ1) is 15.1. The molecule has 1 unspecified atom stereocenters. The van der Waals surface area contributed by atoms with Gasteiger partial charge in [-0.2, -0.15) is 0 Å². The second kappa shape index (κ2) is 5.59. The van der Waals surface area contributed by atoms with Gasteiger partial charge in [0.05, 0.1) is 5.69 Å². The Morgan fingerprint density at radius 3 is 2.58 bits per heavy atom. The van der Waals surface area contributed by atoms with Crippen LogP contribution < -0.4 is 4.90 Å². The van der Waals surface area contributed by atoms with E-state index in [0.29, 0.717) is 12.2 Å². The smallest absolute Gasteiger partial charge is 0.159 e. The number of rotatable bonds is 3. The van der Waals surface area contributed by atoms with Crippen LogP contribution in [-0.2, 0) is 0 Å². The summed E-state index contributed by atoms with van der Waals surface area (Å²) in [5, 5.41) is 2.38. The summed E-state index contributed by atoms with van der Waals surface area (Å²) in [5.74, 6) is 0. The van der Waals surface area contributed by atoms with Crippen molar-refractivity contribution in [3.63, 3.8) is 0 Å². The van der Waals surface area contributed by atoms with Gasteiger partial charge in [0.2, 0.25) is 0 Å². The monoisotopic (exact) mass is 320 g/mol. The van der Waals surface area contributed by atoms with Crippen LogP contribution in [0.1, 0.15) is 32.8 Å². The van der Waals surface area contributed by atoms with Crippen LogP contribution in [0, 0.1) is 6.92 Å². The molecule has 1 aliphatic heterocycles. The lowest BCUT2D eigenvalue weighted by atomic mass is 10.1. The van der Waals surface area contributed by atoms with Crippen molar-refractivity contribution in [3.8, 4) is 0 Å². The average Bonchev–Trinajstić information content (AvgIpc) is 3.15. The molecule has 0 spiro atoms. The Morgan fingerprint density at radius 2 is 1.83 bits per heavy atom. The molecule has 3 nitrogen and oxygen atoms in total. The number of benzene rings is 2. The van der Waals surface area contributed by atoms with Gasteiger partial charge < -0.3 is 14.2 Å². The molecule has 3 aromatic rings. The maximum Gasteiger partial charge on any atom is 0.159 e.